The third-order valence-corrected chi connectivity index (χ3v) is 2.99. The fourth-order valence-corrected chi connectivity index (χ4v) is 2.10. The molecule has 0 fully saturated rings. The van der Waals surface area contributed by atoms with Gasteiger partial charge >= 0.3 is 5.97 Å². The summed E-state index contributed by atoms with van der Waals surface area (Å²) in [5, 5.41) is 3.09. The monoisotopic (exact) mass is 259 g/mol. The van der Waals surface area contributed by atoms with Crippen LogP contribution < -0.4 is 10.1 Å². The fraction of sp³-hybridized carbons (Fsp3) is 0.267. The number of ether oxygens (including phenoxy) is 2. The molecule has 4 heteroatoms. The average molecular weight is 259 g/mol. The van der Waals surface area contributed by atoms with Crippen molar-refractivity contribution in [3.63, 3.8) is 0 Å². The summed E-state index contributed by atoms with van der Waals surface area (Å²) in [6, 6.07) is 7.41. The van der Waals surface area contributed by atoms with Crippen LogP contribution in [0.1, 0.15) is 12.5 Å². The first-order valence-electron chi connectivity index (χ1n) is 6.17. The van der Waals surface area contributed by atoms with E-state index < -0.39 is 5.54 Å². The molecule has 1 unspecified atom stereocenters. The van der Waals surface area contributed by atoms with Crippen molar-refractivity contribution in [2.75, 3.05) is 13.7 Å². The number of rotatable bonds is 4. The molecule has 1 aromatic rings. The zero-order chi connectivity index (χ0) is 13.7. The number of nitrogens with one attached hydrogen (secondary N) is 1. The molecule has 4 nitrogen and oxygen atoms in total. The number of carbonyl (C=O) groups excluding carboxylic acids is 1. The van der Waals surface area contributed by atoms with Gasteiger partial charge in [0.1, 0.15) is 5.75 Å². The molecule has 0 aliphatic carbocycles. The van der Waals surface area contributed by atoms with Crippen LogP contribution in [0.15, 0.2) is 48.7 Å². The van der Waals surface area contributed by atoms with Gasteiger partial charge in [0.05, 0.1) is 13.7 Å². The van der Waals surface area contributed by atoms with Gasteiger partial charge in [0, 0.05) is 5.56 Å². The van der Waals surface area contributed by atoms with Gasteiger partial charge in [-0.2, -0.15) is 0 Å². The normalized spacial score (nSPS) is 20.7. The zero-order valence-corrected chi connectivity index (χ0v) is 11.1. The molecule has 2 rings (SSSR count). The summed E-state index contributed by atoms with van der Waals surface area (Å²) in [6.07, 6.45) is 7.15. The number of carbonyl (C=O) groups is 1. The van der Waals surface area contributed by atoms with Gasteiger partial charge in [-0.15, -0.1) is 0 Å². The number of hydrogen-bond acceptors (Lipinski definition) is 4. The van der Waals surface area contributed by atoms with E-state index in [2.05, 4.69) is 5.32 Å². The molecule has 0 radical (unpaired) electrons. The number of para-hydroxylation sites is 1. The maximum atomic E-state index is 12.4. The second-order valence-corrected chi connectivity index (χ2v) is 4.09. The van der Waals surface area contributed by atoms with Gasteiger partial charge in [0.15, 0.2) is 5.54 Å². The minimum absolute atomic E-state index is 0.328. The minimum Gasteiger partial charge on any atom is -0.496 e. The lowest BCUT2D eigenvalue weighted by Crippen LogP contribution is -2.47. The Labute approximate surface area is 112 Å². The Hall–Kier alpha value is -2.23. The van der Waals surface area contributed by atoms with E-state index in [1.807, 2.05) is 36.4 Å². The molecule has 19 heavy (non-hydrogen) atoms. The Morgan fingerprint density at radius 3 is 2.74 bits per heavy atom. The molecule has 1 atom stereocenters. The lowest BCUT2D eigenvalue weighted by Gasteiger charge is -2.31. The van der Waals surface area contributed by atoms with Crippen molar-refractivity contribution in [3.8, 4) is 5.75 Å². The summed E-state index contributed by atoms with van der Waals surface area (Å²) in [7, 11) is 1.58. The van der Waals surface area contributed by atoms with Crippen LogP contribution >= 0.6 is 0 Å². The van der Waals surface area contributed by atoms with Crippen molar-refractivity contribution in [1.82, 2.24) is 5.32 Å². The highest BCUT2D eigenvalue weighted by atomic mass is 16.5. The Morgan fingerprint density at radius 2 is 2.11 bits per heavy atom. The van der Waals surface area contributed by atoms with E-state index in [9.17, 15) is 4.79 Å². The first-order valence-corrected chi connectivity index (χ1v) is 6.17. The molecule has 100 valence electrons. The molecule has 0 saturated heterocycles. The number of esters is 1. The smallest absolute Gasteiger partial charge is 0.340 e. The quantitative estimate of drug-likeness (QED) is 0.841. The molecule has 1 aliphatic heterocycles. The predicted molar refractivity (Wildman–Crippen MR) is 72.7 cm³/mol. The Morgan fingerprint density at radius 1 is 1.32 bits per heavy atom. The van der Waals surface area contributed by atoms with Crippen LogP contribution in [0.5, 0.6) is 5.75 Å². The van der Waals surface area contributed by atoms with E-state index in [4.69, 9.17) is 9.47 Å². The van der Waals surface area contributed by atoms with Gasteiger partial charge < -0.3 is 14.8 Å². The topological polar surface area (TPSA) is 47.6 Å². The van der Waals surface area contributed by atoms with Gasteiger partial charge in [-0.1, -0.05) is 24.3 Å². The van der Waals surface area contributed by atoms with E-state index in [-0.39, 0.29) is 5.97 Å². The number of allylic oxidation sites excluding steroid dienone is 2. The molecule has 0 aromatic heterocycles. The van der Waals surface area contributed by atoms with Gasteiger partial charge in [-0.05, 0) is 31.3 Å². The second kappa shape index (κ2) is 5.61. The SMILES string of the molecule is CCOC(=O)C1(c2ccccc2OC)C=CC=CN1. The van der Waals surface area contributed by atoms with Gasteiger partial charge in [-0.25, -0.2) is 4.79 Å². The van der Waals surface area contributed by atoms with Crippen LogP contribution in [0.3, 0.4) is 0 Å². The van der Waals surface area contributed by atoms with Crippen molar-refractivity contribution in [2.45, 2.75) is 12.5 Å². The lowest BCUT2D eigenvalue weighted by molar-refractivity contribution is -0.149. The average Bonchev–Trinajstić information content (AvgIpc) is 2.48. The number of dihydropyridines is 1. The molecule has 1 aliphatic rings. The number of hydrogen-bond donors (Lipinski definition) is 1. The van der Waals surface area contributed by atoms with Crippen molar-refractivity contribution in [2.24, 2.45) is 0 Å². The second-order valence-electron chi connectivity index (χ2n) is 4.09. The molecule has 1 aromatic carbocycles. The summed E-state index contributed by atoms with van der Waals surface area (Å²) in [6.45, 7) is 2.12. The van der Waals surface area contributed by atoms with Gasteiger partial charge in [0.25, 0.3) is 0 Å². The summed E-state index contributed by atoms with van der Waals surface area (Å²) in [5.41, 5.74) is -0.297. The van der Waals surface area contributed by atoms with Crippen LogP contribution in [0, 0.1) is 0 Å². The van der Waals surface area contributed by atoms with E-state index in [0.717, 1.165) is 5.56 Å². The Bertz CT molecular complexity index is 522. The molecule has 0 saturated carbocycles. The van der Waals surface area contributed by atoms with Crippen LogP contribution in [0.2, 0.25) is 0 Å². The van der Waals surface area contributed by atoms with Crippen molar-refractivity contribution in [3.05, 3.63) is 54.3 Å². The Balaban J connectivity index is 2.52. The first kappa shape index (κ1) is 13.2. The highest BCUT2D eigenvalue weighted by Crippen LogP contribution is 2.33. The number of benzene rings is 1. The highest BCUT2D eigenvalue weighted by Gasteiger charge is 2.41. The molecule has 1 heterocycles. The fourth-order valence-electron chi connectivity index (χ4n) is 2.10. The van der Waals surface area contributed by atoms with Crippen LogP contribution in [0.4, 0.5) is 0 Å². The minimum atomic E-state index is -1.03. The largest absolute Gasteiger partial charge is 0.496 e. The van der Waals surface area contributed by atoms with Crippen molar-refractivity contribution in [1.29, 1.82) is 0 Å². The third kappa shape index (κ3) is 2.34. The van der Waals surface area contributed by atoms with Gasteiger partial charge in [0.2, 0.25) is 0 Å². The Kier molecular flexibility index (Phi) is 3.90. The van der Waals surface area contributed by atoms with Crippen LogP contribution in [-0.4, -0.2) is 19.7 Å². The first-order chi connectivity index (χ1) is 9.24. The predicted octanol–water partition coefficient (Wildman–Crippen LogP) is 2.13. The van der Waals surface area contributed by atoms with E-state index in [0.29, 0.717) is 12.4 Å². The van der Waals surface area contributed by atoms with Gasteiger partial charge in [-0.3, -0.25) is 0 Å². The lowest BCUT2D eigenvalue weighted by atomic mass is 9.87. The summed E-state index contributed by atoms with van der Waals surface area (Å²) in [5.74, 6) is 0.295. The van der Waals surface area contributed by atoms with E-state index >= 15 is 0 Å². The molecule has 1 N–H and O–H groups in total. The van der Waals surface area contributed by atoms with Crippen LogP contribution in [0.25, 0.3) is 0 Å². The molecule has 0 amide bonds. The zero-order valence-electron chi connectivity index (χ0n) is 11.1. The maximum Gasteiger partial charge on any atom is 0.340 e. The molecular formula is C15H17NO3. The summed E-state index contributed by atoms with van der Waals surface area (Å²) >= 11 is 0. The summed E-state index contributed by atoms with van der Waals surface area (Å²) < 4.78 is 10.5. The highest BCUT2D eigenvalue weighted by molar-refractivity contribution is 5.87. The third-order valence-electron chi connectivity index (χ3n) is 2.99. The van der Waals surface area contributed by atoms with E-state index in [1.54, 1.807) is 26.3 Å². The standard InChI is InChI=1S/C15H17NO3/c1-3-19-14(17)15(10-6-7-11-16-15)12-8-4-5-9-13(12)18-2/h4-11,16H,3H2,1-2H3. The molecule has 0 bridgehead atoms. The van der Waals surface area contributed by atoms with Crippen molar-refractivity contribution >= 4 is 5.97 Å². The maximum absolute atomic E-state index is 12.4. The summed E-state index contributed by atoms with van der Waals surface area (Å²) in [4.78, 5) is 12.4. The van der Waals surface area contributed by atoms with Crippen LogP contribution in [-0.2, 0) is 15.1 Å². The molecule has 0 spiro atoms. The van der Waals surface area contributed by atoms with E-state index in [1.165, 1.54) is 0 Å². The number of methoxy groups -OCH3 is 1. The molecular weight excluding hydrogens is 242 g/mol. The van der Waals surface area contributed by atoms with Crippen molar-refractivity contribution < 1.29 is 14.3 Å².